The molecule has 0 unspecified atom stereocenters. The molecule has 0 fully saturated rings. The van der Waals surface area contributed by atoms with Crippen molar-refractivity contribution in [1.82, 2.24) is 4.90 Å². The first-order valence-electron chi connectivity index (χ1n) is 7.86. The van der Waals surface area contributed by atoms with Crippen molar-refractivity contribution in [2.75, 3.05) is 25.5 Å². The van der Waals surface area contributed by atoms with Gasteiger partial charge in [0.25, 0.3) is 0 Å². The molecule has 0 bridgehead atoms. The molecule has 122 valence electrons. The van der Waals surface area contributed by atoms with Gasteiger partial charge < -0.3 is 15.0 Å². The molecule has 1 aromatic rings. The molecule has 0 spiro atoms. The van der Waals surface area contributed by atoms with E-state index in [2.05, 4.69) is 23.9 Å². The third-order valence-corrected chi connectivity index (χ3v) is 3.41. The number of nitrogens with one attached hydrogen (secondary N) is 1. The number of benzene rings is 1. The Labute approximate surface area is 132 Å². The second kappa shape index (κ2) is 9.82. The predicted molar refractivity (Wildman–Crippen MR) is 88.2 cm³/mol. The number of rotatable bonds is 8. The van der Waals surface area contributed by atoms with Gasteiger partial charge in [0, 0.05) is 18.8 Å². The van der Waals surface area contributed by atoms with Crippen LogP contribution < -0.4 is 5.32 Å². The van der Waals surface area contributed by atoms with Crippen molar-refractivity contribution in [3.63, 3.8) is 0 Å². The lowest BCUT2D eigenvalue weighted by Gasteiger charge is -2.22. The highest BCUT2D eigenvalue weighted by Gasteiger charge is 2.13. The Morgan fingerprint density at radius 2 is 1.59 bits per heavy atom. The molecule has 0 saturated carbocycles. The quantitative estimate of drug-likeness (QED) is 0.741. The molecule has 0 aliphatic carbocycles. The molecular weight excluding hydrogens is 280 g/mol. The smallest absolute Gasteiger partial charge is 0.337 e. The van der Waals surface area contributed by atoms with Gasteiger partial charge >= 0.3 is 12.0 Å². The number of hydrogen-bond acceptors (Lipinski definition) is 3. The molecule has 5 nitrogen and oxygen atoms in total. The van der Waals surface area contributed by atoms with Crippen LogP contribution in [0.2, 0.25) is 0 Å². The minimum Gasteiger partial charge on any atom is -0.465 e. The van der Waals surface area contributed by atoms with E-state index in [4.69, 9.17) is 0 Å². The van der Waals surface area contributed by atoms with Crippen LogP contribution in [-0.4, -0.2) is 37.1 Å². The van der Waals surface area contributed by atoms with E-state index in [1.54, 1.807) is 24.3 Å². The lowest BCUT2D eigenvalue weighted by atomic mass is 10.2. The van der Waals surface area contributed by atoms with Gasteiger partial charge in [-0.05, 0) is 37.1 Å². The van der Waals surface area contributed by atoms with E-state index in [1.165, 1.54) is 7.11 Å². The summed E-state index contributed by atoms with van der Waals surface area (Å²) in [5.74, 6) is -0.384. The summed E-state index contributed by atoms with van der Waals surface area (Å²) in [6, 6.07) is 6.62. The van der Waals surface area contributed by atoms with Gasteiger partial charge in [0.15, 0.2) is 0 Å². The molecule has 1 aromatic carbocycles. The third-order valence-electron chi connectivity index (χ3n) is 3.41. The van der Waals surface area contributed by atoms with Crippen molar-refractivity contribution in [2.24, 2.45) is 0 Å². The van der Waals surface area contributed by atoms with Gasteiger partial charge in [-0.1, -0.05) is 26.7 Å². The van der Waals surface area contributed by atoms with E-state index in [0.29, 0.717) is 11.3 Å². The van der Waals surface area contributed by atoms with Crippen molar-refractivity contribution >= 4 is 17.7 Å². The molecule has 5 heteroatoms. The number of amides is 2. The normalized spacial score (nSPS) is 10.1. The van der Waals surface area contributed by atoms with Crippen molar-refractivity contribution in [3.05, 3.63) is 29.8 Å². The zero-order valence-electron chi connectivity index (χ0n) is 13.7. The Kier molecular flexibility index (Phi) is 8.04. The van der Waals surface area contributed by atoms with E-state index >= 15 is 0 Å². The standard InChI is InChI=1S/C17H26N2O3/c1-4-6-12-19(13-7-5-2)17(21)18-15-10-8-14(9-11-15)16(20)22-3/h8-11H,4-7,12-13H2,1-3H3,(H,18,21). The lowest BCUT2D eigenvalue weighted by molar-refractivity contribution is 0.0601. The maximum atomic E-state index is 12.3. The second-order valence-electron chi connectivity index (χ2n) is 5.19. The monoisotopic (exact) mass is 306 g/mol. The summed E-state index contributed by atoms with van der Waals surface area (Å²) in [5, 5.41) is 2.88. The topological polar surface area (TPSA) is 58.6 Å². The van der Waals surface area contributed by atoms with Gasteiger partial charge in [-0.2, -0.15) is 0 Å². The summed E-state index contributed by atoms with van der Waals surface area (Å²) < 4.78 is 4.65. The average molecular weight is 306 g/mol. The molecule has 0 aromatic heterocycles. The first-order valence-corrected chi connectivity index (χ1v) is 7.86. The summed E-state index contributed by atoms with van der Waals surface area (Å²) >= 11 is 0. The maximum Gasteiger partial charge on any atom is 0.337 e. The van der Waals surface area contributed by atoms with Gasteiger partial charge in [-0.3, -0.25) is 0 Å². The second-order valence-corrected chi connectivity index (χ2v) is 5.19. The van der Waals surface area contributed by atoms with E-state index < -0.39 is 0 Å². The summed E-state index contributed by atoms with van der Waals surface area (Å²) in [5.41, 5.74) is 1.14. The number of urea groups is 1. The Hall–Kier alpha value is -2.04. The SMILES string of the molecule is CCCCN(CCCC)C(=O)Nc1ccc(C(=O)OC)cc1. The zero-order chi connectivity index (χ0) is 16.4. The molecule has 2 amide bonds. The number of nitrogens with zero attached hydrogens (tertiary/aromatic N) is 1. The highest BCUT2D eigenvalue weighted by molar-refractivity contribution is 5.92. The van der Waals surface area contributed by atoms with Crippen LogP contribution >= 0.6 is 0 Å². The van der Waals surface area contributed by atoms with Gasteiger partial charge in [-0.15, -0.1) is 0 Å². The Morgan fingerprint density at radius 3 is 2.05 bits per heavy atom. The fraction of sp³-hybridized carbons (Fsp3) is 0.529. The number of ether oxygens (including phenoxy) is 1. The van der Waals surface area contributed by atoms with Crippen molar-refractivity contribution < 1.29 is 14.3 Å². The van der Waals surface area contributed by atoms with Crippen LogP contribution in [0.3, 0.4) is 0 Å². The van der Waals surface area contributed by atoms with Crippen LogP contribution in [0.1, 0.15) is 49.9 Å². The summed E-state index contributed by atoms with van der Waals surface area (Å²) in [4.78, 5) is 25.5. The summed E-state index contributed by atoms with van der Waals surface area (Å²) in [6.45, 7) is 5.76. The molecule has 0 aliphatic heterocycles. The minimum atomic E-state index is -0.384. The van der Waals surface area contributed by atoms with Crippen molar-refractivity contribution in [3.8, 4) is 0 Å². The average Bonchev–Trinajstić information content (AvgIpc) is 2.54. The Balaban J connectivity index is 2.65. The molecular formula is C17H26N2O3. The summed E-state index contributed by atoms with van der Waals surface area (Å²) in [7, 11) is 1.34. The molecule has 22 heavy (non-hydrogen) atoms. The molecule has 1 N–H and O–H groups in total. The highest BCUT2D eigenvalue weighted by Crippen LogP contribution is 2.12. The number of unbranched alkanes of at least 4 members (excludes halogenated alkanes) is 2. The Morgan fingerprint density at radius 1 is 1.05 bits per heavy atom. The van der Waals surface area contributed by atoms with Crippen molar-refractivity contribution in [2.45, 2.75) is 39.5 Å². The third kappa shape index (κ3) is 5.76. The molecule has 0 atom stereocenters. The summed E-state index contributed by atoms with van der Waals surface area (Å²) in [6.07, 6.45) is 4.12. The maximum absolute atomic E-state index is 12.3. The number of carbonyl (C=O) groups excluding carboxylic acids is 2. The number of esters is 1. The molecule has 0 saturated heterocycles. The number of carbonyl (C=O) groups is 2. The molecule has 1 rings (SSSR count). The van der Waals surface area contributed by atoms with E-state index in [9.17, 15) is 9.59 Å². The molecule has 0 heterocycles. The highest BCUT2D eigenvalue weighted by atomic mass is 16.5. The van der Waals surface area contributed by atoms with Crippen molar-refractivity contribution in [1.29, 1.82) is 0 Å². The fourth-order valence-corrected chi connectivity index (χ4v) is 2.02. The first-order chi connectivity index (χ1) is 10.6. The van der Waals surface area contributed by atoms with Crippen LogP contribution in [0, 0.1) is 0 Å². The van der Waals surface area contributed by atoms with E-state index in [0.717, 1.165) is 38.8 Å². The number of hydrogen-bond donors (Lipinski definition) is 1. The fourth-order valence-electron chi connectivity index (χ4n) is 2.02. The first kappa shape index (κ1) is 18.0. The largest absolute Gasteiger partial charge is 0.465 e. The van der Waals surface area contributed by atoms with Crippen LogP contribution in [-0.2, 0) is 4.74 Å². The van der Waals surface area contributed by atoms with Crippen LogP contribution in [0.4, 0.5) is 10.5 Å². The zero-order valence-corrected chi connectivity index (χ0v) is 13.7. The van der Waals surface area contributed by atoms with Gasteiger partial charge in [0.05, 0.1) is 12.7 Å². The van der Waals surface area contributed by atoms with Gasteiger partial charge in [-0.25, -0.2) is 9.59 Å². The van der Waals surface area contributed by atoms with Crippen LogP contribution in [0.25, 0.3) is 0 Å². The van der Waals surface area contributed by atoms with E-state index in [1.807, 2.05) is 4.90 Å². The minimum absolute atomic E-state index is 0.0901. The predicted octanol–water partition coefficient (Wildman–Crippen LogP) is 3.91. The lowest BCUT2D eigenvalue weighted by Crippen LogP contribution is -2.36. The van der Waals surface area contributed by atoms with Crippen LogP contribution in [0.5, 0.6) is 0 Å². The van der Waals surface area contributed by atoms with Crippen LogP contribution in [0.15, 0.2) is 24.3 Å². The molecule has 0 radical (unpaired) electrons. The number of methoxy groups -OCH3 is 1. The van der Waals surface area contributed by atoms with Gasteiger partial charge in [0.2, 0.25) is 0 Å². The van der Waals surface area contributed by atoms with Gasteiger partial charge in [0.1, 0.15) is 0 Å². The van der Waals surface area contributed by atoms with E-state index in [-0.39, 0.29) is 12.0 Å². The number of anilines is 1. The molecule has 0 aliphatic rings. The Bertz CT molecular complexity index is 463.